The summed E-state index contributed by atoms with van der Waals surface area (Å²) in [6.45, 7) is 13.6. The first-order valence-electron chi connectivity index (χ1n) is 10.5. The van der Waals surface area contributed by atoms with Gasteiger partial charge in [-0.15, -0.1) is 0 Å². The maximum atomic E-state index is 3.59. The molecule has 0 aliphatic carbocycles. The van der Waals surface area contributed by atoms with Crippen molar-refractivity contribution in [3.63, 3.8) is 0 Å². The normalized spacial score (nSPS) is 13.6. The van der Waals surface area contributed by atoms with Gasteiger partial charge in [-0.1, -0.05) is 52.0 Å². The summed E-state index contributed by atoms with van der Waals surface area (Å²) in [5.41, 5.74) is 5.13. The van der Waals surface area contributed by atoms with Crippen molar-refractivity contribution in [2.45, 2.75) is 72.9 Å². The van der Waals surface area contributed by atoms with Crippen LogP contribution in [0.15, 0.2) is 48.5 Å². The molecule has 2 aromatic carbocycles. The highest BCUT2D eigenvalue weighted by molar-refractivity contribution is 5.48. The SMILES string of the molecule is CC(C)CC(C)Nc1ccc(Cc2ccc(NC(C)CC(C)C)cc2)cc1. The van der Waals surface area contributed by atoms with E-state index in [0.717, 1.165) is 18.3 Å². The number of hydrogen-bond acceptors (Lipinski definition) is 2. The molecular formula is C25H38N2. The van der Waals surface area contributed by atoms with Gasteiger partial charge in [0.2, 0.25) is 0 Å². The van der Waals surface area contributed by atoms with E-state index in [0.29, 0.717) is 12.1 Å². The van der Waals surface area contributed by atoms with Crippen LogP contribution in [0.3, 0.4) is 0 Å². The fraction of sp³-hybridized carbons (Fsp3) is 0.520. The van der Waals surface area contributed by atoms with E-state index in [1.165, 1.54) is 35.3 Å². The number of hydrogen-bond donors (Lipinski definition) is 2. The Morgan fingerprint density at radius 2 is 0.889 bits per heavy atom. The first kappa shape index (κ1) is 21.3. The standard InChI is InChI=1S/C25H38N2/c1-18(2)15-20(5)26-24-11-7-22(8-12-24)17-23-9-13-25(14-10-23)27-21(6)16-19(3)4/h7-14,18-21,26-27H,15-17H2,1-6H3. The highest BCUT2D eigenvalue weighted by Crippen LogP contribution is 2.18. The van der Waals surface area contributed by atoms with Crippen molar-refractivity contribution in [3.05, 3.63) is 59.7 Å². The van der Waals surface area contributed by atoms with E-state index in [1.54, 1.807) is 0 Å². The van der Waals surface area contributed by atoms with Crippen LogP contribution in [0.4, 0.5) is 11.4 Å². The van der Waals surface area contributed by atoms with Gasteiger partial charge >= 0.3 is 0 Å². The Labute approximate surface area is 166 Å². The Balaban J connectivity index is 1.87. The molecule has 0 fully saturated rings. The fourth-order valence-corrected chi connectivity index (χ4v) is 3.77. The molecule has 0 heterocycles. The number of rotatable bonds is 10. The molecule has 0 amide bonds. The summed E-state index contributed by atoms with van der Waals surface area (Å²) < 4.78 is 0. The molecule has 2 heteroatoms. The Morgan fingerprint density at radius 1 is 0.556 bits per heavy atom. The average molecular weight is 367 g/mol. The van der Waals surface area contributed by atoms with E-state index in [1.807, 2.05) is 0 Å². The summed E-state index contributed by atoms with van der Waals surface area (Å²) in [4.78, 5) is 0. The lowest BCUT2D eigenvalue weighted by Crippen LogP contribution is -2.17. The van der Waals surface area contributed by atoms with Crippen molar-refractivity contribution >= 4 is 11.4 Å². The van der Waals surface area contributed by atoms with Crippen LogP contribution in [0, 0.1) is 11.8 Å². The molecule has 0 aliphatic rings. The van der Waals surface area contributed by atoms with Crippen LogP contribution >= 0.6 is 0 Å². The van der Waals surface area contributed by atoms with Crippen molar-refractivity contribution in [3.8, 4) is 0 Å². The third-order valence-electron chi connectivity index (χ3n) is 4.79. The molecule has 0 aromatic heterocycles. The minimum Gasteiger partial charge on any atom is -0.383 e. The second-order valence-corrected chi connectivity index (χ2v) is 8.92. The highest BCUT2D eigenvalue weighted by atomic mass is 14.9. The van der Waals surface area contributed by atoms with E-state index in [2.05, 4.69) is 101 Å². The van der Waals surface area contributed by atoms with Crippen molar-refractivity contribution in [1.82, 2.24) is 0 Å². The minimum atomic E-state index is 0.508. The first-order chi connectivity index (χ1) is 12.8. The molecule has 2 N–H and O–H groups in total. The summed E-state index contributed by atoms with van der Waals surface area (Å²) in [5.74, 6) is 1.44. The van der Waals surface area contributed by atoms with Crippen LogP contribution in [0.1, 0.15) is 65.5 Å². The van der Waals surface area contributed by atoms with Crippen molar-refractivity contribution in [1.29, 1.82) is 0 Å². The van der Waals surface area contributed by atoms with Gasteiger partial charge in [-0.05, 0) is 80.3 Å². The Bertz CT molecular complexity index is 596. The van der Waals surface area contributed by atoms with Gasteiger partial charge in [0, 0.05) is 23.5 Å². The lowest BCUT2D eigenvalue weighted by molar-refractivity contribution is 0.539. The molecule has 0 bridgehead atoms. The van der Waals surface area contributed by atoms with Gasteiger partial charge in [-0.3, -0.25) is 0 Å². The van der Waals surface area contributed by atoms with E-state index in [4.69, 9.17) is 0 Å². The lowest BCUT2D eigenvalue weighted by atomic mass is 10.0. The molecule has 0 saturated heterocycles. The molecule has 2 aromatic rings. The molecule has 0 saturated carbocycles. The zero-order chi connectivity index (χ0) is 19.8. The number of anilines is 2. The molecule has 148 valence electrons. The van der Waals surface area contributed by atoms with Crippen molar-refractivity contribution in [2.75, 3.05) is 10.6 Å². The molecular weight excluding hydrogens is 328 g/mol. The largest absolute Gasteiger partial charge is 0.383 e. The quantitative estimate of drug-likeness (QED) is 0.474. The Hall–Kier alpha value is -1.96. The van der Waals surface area contributed by atoms with E-state index in [-0.39, 0.29) is 0 Å². The van der Waals surface area contributed by atoms with Crippen molar-refractivity contribution in [2.24, 2.45) is 11.8 Å². The average Bonchev–Trinajstić information content (AvgIpc) is 2.57. The predicted octanol–water partition coefficient (Wildman–Crippen LogP) is 6.97. The van der Waals surface area contributed by atoms with Crippen LogP contribution in [0.25, 0.3) is 0 Å². The number of benzene rings is 2. The maximum Gasteiger partial charge on any atom is 0.0342 e. The van der Waals surface area contributed by atoms with Gasteiger partial charge in [0.1, 0.15) is 0 Å². The summed E-state index contributed by atoms with van der Waals surface area (Å²) in [6.07, 6.45) is 3.36. The summed E-state index contributed by atoms with van der Waals surface area (Å²) >= 11 is 0. The van der Waals surface area contributed by atoms with Gasteiger partial charge in [-0.25, -0.2) is 0 Å². The molecule has 0 radical (unpaired) electrons. The highest BCUT2D eigenvalue weighted by Gasteiger charge is 2.06. The molecule has 2 atom stereocenters. The van der Waals surface area contributed by atoms with Crippen molar-refractivity contribution < 1.29 is 0 Å². The molecule has 0 spiro atoms. The lowest BCUT2D eigenvalue weighted by Gasteiger charge is -2.18. The fourth-order valence-electron chi connectivity index (χ4n) is 3.77. The first-order valence-corrected chi connectivity index (χ1v) is 10.5. The van der Waals surface area contributed by atoms with Gasteiger partial charge in [0.15, 0.2) is 0 Å². The topological polar surface area (TPSA) is 24.1 Å². The van der Waals surface area contributed by atoms with Gasteiger partial charge in [0.25, 0.3) is 0 Å². The molecule has 2 rings (SSSR count). The van der Waals surface area contributed by atoms with Crippen LogP contribution in [-0.2, 0) is 6.42 Å². The van der Waals surface area contributed by atoms with Crippen LogP contribution in [0.5, 0.6) is 0 Å². The van der Waals surface area contributed by atoms with Gasteiger partial charge in [0.05, 0.1) is 0 Å². The zero-order valence-electron chi connectivity index (χ0n) is 18.0. The van der Waals surface area contributed by atoms with Gasteiger partial charge in [-0.2, -0.15) is 0 Å². The predicted molar refractivity (Wildman–Crippen MR) is 121 cm³/mol. The van der Waals surface area contributed by atoms with Gasteiger partial charge < -0.3 is 10.6 Å². The smallest absolute Gasteiger partial charge is 0.0342 e. The second-order valence-electron chi connectivity index (χ2n) is 8.92. The minimum absolute atomic E-state index is 0.508. The zero-order valence-corrected chi connectivity index (χ0v) is 18.0. The summed E-state index contributed by atoms with van der Waals surface area (Å²) in [5, 5.41) is 7.19. The molecule has 0 aliphatic heterocycles. The Morgan fingerprint density at radius 3 is 1.19 bits per heavy atom. The Kier molecular flexibility index (Phi) is 8.22. The van der Waals surface area contributed by atoms with Crippen LogP contribution in [-0.4, -0.2) is 12.1 Å². The third-order valence-corrected chi connectivity index (χ3v) is 4.79. The molecule has 2 unspecified atom stereocenters. The van der Waals surface area contributed by atoms with Crippen LogP contribution in [0.2, 0.25) is 0 Å². The number of nitrogens with one attached hydrogen (secondary N) is 2. The second kappa shape index (κ2) is 10.4. The van der Waals surface area contributed by atoms with E-state index >= 15 is 0 Å². The molecule has 27 heavy (non-hydrogen) atoms. The summed E-state index contributed by atoms with van der Waals surface area (Å²) in [7, 11) is 0. The van der Waals surface area contributed by atoms with Crippen LogP contribution < -0.4 is 10.6 Å². The summed E-state index contributed by atoms with van der Waals surface area (Å²) in [6, 6.07) is 18.8. The molecule has 2 nitrogen and oxygen atoms in total. The maximum absolute atomic E-state index is 3.59. The van der Waals surface area contributed by atoms with E-state index in [9.17, 15) is 0 Å². The monoisotopic (exact) mass is 366 g/mol. The third kappa shape index (κ3) is 8.07. The van der Waals surface area contributed by atoms with E-state index < -0.39 is 0 Å².